The highest BCUT2D eigenvalue weighted by Gasteiger charge is 2.41. The first-order valence-corrected chi connectivity index (χ1v) is 12.7. The Morgan fingerprint density at radius 2 is 1.92 bits per heavy atom. The van der Waals surface area contributed by atoms with Crippen molar-refractivity contribution in [3.8, 4) is 5.75 Å². The van der Waals surface area contributed by atoms with Crippen LogP contribution in [0, 0.1) is 11.7 Å². The lowest BCUT2D eigenvalue weighted by Gasteiger charge is -2.38. The number of thioether (sulfide) groups is 1. The van der Waals surface area contributed by atoms with Gasteiger partial charge in [0.2, 0.25) is 0 Å². The molecule has 0 amide bonds. The van der Waals surface area contributed by atoms with Gasteiger partial charge < -0.3 is 9.84 Å². The topological polar surface area (TPSA) is 83.9 Å². The number of rotatable bonds is 10. The summed E-state index contributed by atoms with van der Waals surface area (Å²) in [7, 11) is 1.54. The van der Waals surface area contributed by atoms with E-state index in [0.29, 0.717) is 35.4 Å². The number of carboxylic acids is 1. The number of Topliss-reactive ketones (excluding diaryl/α,β-unsaturated/α-hetero) is 2. The Labute approximate surface area is 220 Å². The number of nitrogens with zero attached hydrogens (tertiary/aromatic N) is 1. The second-order valence-electron chi connectivity index (χ2n) is 8.87. The number of hydrogen-bond acceptors (Lipinski definition) is 6. The first kappa shape index (κ1) is 27.9. The second kappa shape index (κ2) is 12.5. The van der Waals surface area contributed by atoms with E-state index in [1.807, 2.05) is 4.90 Å². The van der Waals surface area contributed by atoms with Gasteiger partial charge in [0.25, 0.3) is 0 Å². The largest absolute Gasteiger partial charge is 0.497 e. The number of likely N-dealkylation sites (tertiary alicyclic amines) is 1. The third-order valence-electron chi connectivity index (χ3n) is 6.41. The summed E-state index contributed by atoms with van der Waals surface area (Å²) in [6, 6.07) is 12.5. The van der Waals surface area contributed by atoms with Gasteiger partial charge in [-0.25, -0.2) is 9.18 Å². The van der Waals surface area contributed by atoms with E-state index < -0.39 is 17.8 Å². The normalized spacial score (nSPS) is 19.8. The maximum atomic E-state index is 14.7. The quantitative estimate of drug-likeness (QED) is 0.337. The van der Waals surface area contributed by atoms with Crippen molar-refractivity contribution in [3.63, 3.8) is 0 Å². The van der Waals surface area contributed by atoms with Gasteiger partial charge in [-0.05, 0) is 43.0 Å². The van der Waals surface area contributed by atoms with E-state index in [2.05, 4.69) is 0 Å². The number of ether oxygens (including phenoxy) is 1. The lowest BCUT2D eigenvalue weighted by atomic mass is 9.93. The van der Waals surface area contributed by atoms with E-state index in [1.165, 1.54) is 31.0 Å². The number of methoxy groups -OCH3 is 1. The van der Waals surface area contributed by atoms with Crippen LogP contribution in [0.3, 0.4) is 0 Å². The van der Waals surface area contributed by atoms with Crippen LogP contribution in [0.1, 0.15) is 41.2 Å². The number of aliphatic carboxylic acids is 1. The molecule has 0 bridgehead atoms. The van der Waals surface area contributed by atoms with Gasteiger partial charge in [0.05, 0.1) is 18.9 Å². The highest BCUT2D eigenvalue weighted by molar-refractivity contribution is 8.00. The minimum Gasteiger partial charge on any atom is -0.497 e. The van der Waals surface area contributed by atoms with E-state index in [4.69, 9.17) is 4.74 Å². The van der Waals surface area contributed by atoms with Crippen LogP contribution in [0.2, 0.25) is 0 Å². The molecule has 2 unspecified atom stereocenters. The number of benzene rings is 2. The molecule has 36 heavy (non-hydrogen) atoms. The molecule has 192 valence electrons. The summed E-state index contributed by atoms with van der Waals surface area (Å²) < 4.78 is 19.9. The van der Waals surface area contributed by atoms with E-state index in [-0.39, 0.29) is 47.4 Å². The van der Waals surface area contributed by atoms with Crippen LogP contribution >= 0.6 is 24.2 Å². The van der Waals surface area contributed by atoms with E-state index in [9.17, 15) is 23.9 Å². The van der Waals surface area contributed by atoms with Gasteiger partial charge in [0.15, 0.2) is 11.6 Å². The molecule has 1 N–H and O–H groups in total. The van der Waals surface area contributed by atoms with Gasteiger partial charge >= 0.3 is 5.97 Å². The van der Waals surface area contributed by atoms with Crippen LogP contribution in [0.15, 0.2) is 60.2 Å². The van der Waals surface area contributed by atoms with E-state index in [0.717, 1.165) is 12.8 Å². The zero-order valence-electron chi connectivity index (χ0n) is 19.9. The van der Waals surface area contributed by atoms with E-state index >= 15 is 0 Å². The molecule has 4 rings (SSSR count). The van der Waals surface area contributed by atoms with Gasteiger partial charge in [-0.1, -0.05) is 30.3 Å². The smallest absolute Gasteiger partial charge is 0.328 e. The van der Waals surface area contributed by atoms with Gasteiger partial charge in [-0.3, -0.25) is 14.5 Å². The predicted molar refractivity (Wildman–Crippen MR) is 140 cm³/mol. The number of hydrogen-bond donors (Lipinski definition) is 1. The summed E-state index contributed by atoms with van der Waals surface area (Å²) in [4.78, 5) is 39.4. The lowest BCUT2D eigenvalue weighted by Crippen LogP contribution is -2.43. The second-order valence-corrected chi connectivity index (χ2v) is 10.1. The van der Waals surface area contributed by atoms with Crippen molar-refractivity contribution in [1.29, 1.82) is 0 Å². The molecule has 1 aliphatic heterocycles. The van der Waals surface area contributed by atoms with Crippen molar-refractivity contribution < 1.29 is 28.6 Å². The average Bonchev–Trinajstić information content (AvgIpc) is 3.70. The number of carbonyl (C=O) groups excluding carboxylic acids is 2. The molecule has 9 heteroatoms. The van der Waals surface area contributed by atoms with Gasteiger partial charge in [0.1, 0.15) is 11.6 Å². The molecule has 1 heterocycles. The number of carboxylic acid groups (broad SMARTS) is 1. The molecule has 1 saturated carbocycles. The fraction of sp³-hybridized carbons (Fsp3) is 0.370. The van der Waals surface area contributed by atoms with Crippen molar-refractivity contribution in [3.05, 3.63) is 77.1 Å². The Balaban J connectivity index is 0.00000361. The molecule has 2 aromatic rings. The fourth-order valence-electron chi connectivity index (χ4n) is 4.47. The minimum atomic E-state index is -1.08. The predicted octanol–water partition coefficient (Wildman–Crippen LogP) is 4.98. The highest BCUT2D eigenvalue weighted by atomic mass is 35.5. The van der Waals surface area contributed by atoms with Crippen LogP contribution < -0.4 is 4.74 Å². The van der Waals surface area contributed by atoms with Gasteiger partial charge in [-0.2, -0.15) is 0 Å². The Hall–Kier alpha value is -2.68. The Morgan fingerprint density at radius 3 is 2.58 bits per heavy atom. The standard InChI is InChI=1S/C27H28FNO5S.ClH/c1-34-20-6-4-5-18(13-20)23(30)16-35-24-11-12-29(15-19(24)14-25(31)32)26(27(33)17-9-10-17)21-7-2-3-8-22(21)28;/h2-8,13-14,17,24,26H,9-12,15-16H2,1H3,(H,31,32);1H/b19-14-;/i4+1,5+1,6+1,13+1,18+1,20+1;. The monoisotopic (exact) mass is 539 g/mol. The molecule has 0 aromatic heterocycles. The van der Waals surface area contributed by atoms with Gasteiger partial charge in [-0.15, -0.1) is 24.2 Å². The van der Waals surface area contributed by atoms with Crippen LogP contribution in [-0.2, 0) is 9.59 Å². The SMILES string of the molecule is CO[13c]1[13cH][13cH][13cH][13c](C(=O)CSC2CCN(C(C(=O)C3CC3)c3ccccc3F)C/C2=C/C(=O)O)[13cH]1.Cl. The molecule has 6 nitrogen and oxygen atoms in total. The molecule has 2 aromatic carbocycles. The van der Waals surface area contributed by atoms with Crippen molar-refractivity contribution >= 4 is 41.7 Å². The average molecular weight is 540 g/mol. The summed E-state index contributed by atoms with van der Waals surface area (Å²) in [6.07, 6.45) is 3.33. The summed E-state index contributed by atoms with van der Waals surface area (Å²) in [5, 5.41) is 9.29. The minimum absolute atomic E-state index is 0. The molecule has 1 saturated heterocycles. The van der Waals surface area contributed by atoms with Crippen LogP contribution in [-0.4, -0.2) is 58.7 Å². The maximum absolute atomic E-state index is 14.7. The molecule has 1 aliphatic carbocycles. The van der Waals surface area contributed by atoms with Crippen LogP contribution in [0.25, 0.3) is 0 Å². The third-order valence-corrected chi connectivity index (χ3v) is 7.78. The molecular formula is C27H29ClFNO5S. The Bertz CT molecular complexity index is 1150. The highest BCUT2D eigenvalue weighted by Crippen LogP contribution is 2.40. The van der Waals surface area contributed by atoms with Crippen molar-refractivity contribution in [2.45, 2.75) is 30.6 Å². The lowest BCUT2D eigenvalue weighted by molar-refractivity contribution is -0.131. The molecule has 2 atom stereocenters. The number of carbonyl (C=O) groups is 3. The fourth-order valence-corrected chi connectivity index (χ4v) is 5.61. The molecule has 0 radical (unpaired) electrons. The van der Waals surface area contributed by atoms with Crippen LogP contribution in [0.4, 0.5) is 4.39 Å². The molecule has 0 spiro atoms. The number of piperidine rings is 1. The van der Waals surface area contributed by atoms with Crippen molar-refractivity contribution in [1.82, 2.24) is 4.90 Å². The molecule has 2 fully saturated rings. The first-order valence-electron chi connectivity index (χ1n) is 11.6. The molecular weight excluding hydrogens is 511 g/mol. The summed E-state index contributed by atoms with van der Waals surface area (Å²) in [5.74, 6) is -0.882. The summed E-state index contributed by atoms with van der Waals surface area (Å²) >= 11 is 1.40. The number of ketones is 2. The van der Waals surface area contributed by atoms with Crippen LogP contribution in [0.5, 0.6) is 5.75 Å². The van der Waals surface area contributed by atoms with Crippen molar-refractivity contribution in [2.24, 2.45) is 5.92 Å². The first-order chi connectivity index (χ1) is 16.9. The molecule has 2 aliphatic rings. The van der Waals surface area contributed by atoms with Gasteiger partial charge in [0, 0.05) is 41.5 Å². The van der Waals surface area contributed by atoms with E-state index in [1.54, 1.807) is 42.5 Å². The third kappa shape index (κ3) is 6.75. The maximum Gasteiger partial charge on any atom is 0.328 e. The summed E-state index contributed by atoms with van der Waals surface area (Å²) in [6.45, 7) is 0.730. The Kier molecular flexibility index (Phi) is 9.70. The Morgan fingerprint density at radius 1 is 1.17 bits per heavy atom. The van der Waals surface area contributed by atoms with Crippen molar-refractivity contribution in [2.75, 3.05) is 26.0 Å². The zero-order valence-corrected chi connectivity index (χ0v) is 21.5. The zero-order chi connectivity index (χ0) is 24.9. The number of halogens is 2. The summed E-state index contributed by atoms with van der Waals surface area (Å²) in [5.41, 5.74) is 1.49.